The van der Waals surface area contributed by atoms with Crippen LogP contribution in [0.1, 0.15) is 6.42 Å². The lowest BCUT2D eigenvalue weighted by atomic mass is 10.0. The zero-order valence-electron chi connectivity index (χ0n) is 9.95. The summed E-state index contributed by atoms with van der Waals surface area (Å²) in [6, 6.07) is 0. The van der Waals surface area contributed by atoms with Gasteiger partial charge in [0.2, 0.25) is 0 Å². The number of likely N-dealkylation sites (N-methyl/N-ethyl adjacent to an activating group) is 1. The second kappa shape index (κ2) is 5.42. The minimum absolute atomic E-state index is 0.240. The van der Waals surface area contributed by atoms with E-state index in [9.17, 15) is 5.11 Å². The number of nitrogens with one attached hydrogen (secondary N) is 1. The maximum absolute atomic E-state index is 10.0. The van der Waals surface area contributed by atoms with Gasteiger partial charge in [0, 0.05) is 39.2 Å². The van der Waals surface area contributed by atoms with E-state index in [0.717, 1.165) is 32.7 Å². The van der Waals surface area contributed by atoms with Crippen LogP contribution >= 0.6 is 0 Å². The highest BCUT2D eigenvalue weighted by atomic mass is 16.5. The van der Waals surface area contributed by atoms with Crippen molar-refractivity contribution >= 4 is 0 Å². The minimum Gasteiger partial charge on any atom is -0.386 e. The molecular formula is C11H22N2O3. The molecule has 2 unspecified atom stereocenters. The monoisotopic (exact) mass is 230 g/mol. The number of aliphatic hydroxyl groups is 1. The summed E-state index contributed by atoms with van der Waals surface area (Å²) in [4.78, 5) is 2.27. The van der Waals surface area contributed by atoms with Crippen molar-refractivity contribution in [3.63, 3.8) is 0 Å². The smallest absolute Gasteiger partial charge is 0.102 e. The first-order valence-electron chi connectivity index (χ1n) is 5.99. The molecule has 2 saturated heterocycles. The van der Waals surface area contributed by atoms with Crippen LogP contribution < -0.4 is 5.32 Å². The Morgan fingerprint density at radius 1 is 1.50 bits per heavy atom. The first-order valence-corrected chi connectivity index (χ1v) is 5.99. The number of nitrogens with zero attached hydrogens (tertiary/aromatic N) is 1. The summed E-state index contributed by atoms with van der Waals surface area (Å²) < 4.78 is 10.8. The lowest BCUT2D eigenvalue weighted by Crippen LogP contribution is -2.48. The Balaban J connectivity index is 1.63. The Morgan fingerprint density at radius 3 is 3.06 bits per heavy atom. The Kier molecular flexibility index (Phi) is 4.16. The molecule has 0 aromatic carbocycles. The van der Waals surface area contributed by atoms with E-state index < -0.39 is 5.60 Å². The predicted octanol–water partition coefficient (Wildman–Crippen LogP) is -0.942. The first-order chi connectivity index (χ1) is 7.68. The Morgan fingerprint density at radius 2 is 2.38 bits per heavy atom. The van der Waals surface area contributed by atoms with Gasteiger partial charge in [0.15, 0.2) is 0 Å². The molecule has 0 spiro atoms. The number of hydrogen-bond acceptors (Lipinski definition) is 5. The van der Waals surface area contributed by atoms with E-state index in [1.54, 1.807) is 0 Å². The number of ether oxygens (including phenoxy) is 2. The van der Waals surface area contributed by atoms with Gasteiger partial charge in [-0.05, 0) is 7.05 Å². The molecule has 0 bridgehead atoms. The molecular weight excluding hydrogens is 208 g/mol. The van der Waals surface area contributed by atoms with E-state index in [1.165, 1.54) is 0 Å². The molecule has 5 heteroatoms. The van der Waals surface area contributed by atoms with E-state index in [-0.39, 0.29) is 6.10 Å². The summed E-state index contributed by atoms with van der Waals surface area (Å²) in [5.41, 5.74) is -0.666. The highest BCUT2D eigenvalue weighted by molar-refractivity contribution is 4.85. The van der Waals surface area contributed by atoms with E-state index in [4.69, 9.17) is 9.47 Å². The van der Waals surface area contributed by atoms with Crippen molar-refractivity contribution in [2.24, 2.45) is 0 Å². The molecule has 2 aliphatic rings. The van der Waals surface area contributed by atoms with Crippen LogP contribution in [0.4, 0.5) is 0 Å². The molecule has 2 fully saturated rings. The molecule has 0 saturated carbocycles. The third kappa shape index (κ3) is 3.40. The fourth-order valence-corrected chi connectivity index (χ4v) is 2.19. The molecule has 94 valence electrons. The molecule has 2 rings (SSSR count). The molecule has 0 radical (unpaired) electrons. The zero-order chi connectivity index (χ0) is 11.4. The van der Waals surface area contributed by atoms with E-state index >= 15 is 0 Å². The van der Waals surface area contributed by atoms with Crippen LogP contribution in [0.15, 0.2) is 0 Å². The number of hydrogen-bond donors (Lipinski definition) is 2. The maximum atomic E-state index is 10.0. The van der Waals surface area contributed by atoms with E-state index in [1.807, 2.05) is 0 Å². The SMILES string of the molecule is CN1CCOC(CNCC2(O)CCOC2)C1. The Labute approximate surface area is 96.7 Å². The Bertz CT molecular complexity index is 219. The lowest BCUT2D eigenvalue weighted by Gasteiger charge is -2.31. The summed E-state index contributed by atoms with van der Waals surface area (Å²) in [5, 5.41) is 13.3. The largest absolute Gasteiger partial charge is 0.386 e. The molecule has 2 heterocycles. The van der Waals surface area contributed by atoms with Gasteiger partial charge in [0.25, 0.3) is 0 Å². The van der Waals surface area contributed by atoms with Crippen LogP contribution in [0, 0.1) is 0 Å². The zero-order valence-corrected chi connectivity index (χ0v) is 9.95. The molecule has 0 aromatic heterocycles. The quantitative estimate of drug-likeness (QED) is 0.653. The van der Waals surface area contributed by atoms with Crippen LogP contribution in [-0.2, 0) is 9.47 Å². The predicted molar refractivity (Wildman–Crippen MR) is 60.5 cm³/mol. The fraction of sp³-hybridized carbons (Fsp3) is 1.00. The molecule has 2 aliphatic heterocycles. The van der Waals surface area contributed by atoms with Crippen molar-refractivity contribution in [2.75, 3.05) is 53.0 Å². The van der Waals surface area contributed by atoms with Crippen LogP contribution in [0.5, 0.6) is 0 Å². The summed E-state index contributed by atoms with van der Waals surface area (Å²) in [6.45, 7) is 5.28. The molecule has 16 heavy (non-hydrogen) atoms. The molecule has 5 nitrogen and oxygen atoms in total. The van der Waals surface area contributed by atoms with E-state index in [2.05, 4.69) is 17.3 Å². The molecule has 2 atom stereocenters. The molecule has 0 amide bonds. The second-order valence-electron chi connectivity index (χ2n) is 4.91. The fourth-order valence-electron chi connectivity index (χ4n) is 2.19. The molecule has 0 aromatic rings. The van der Waals surface area contributed by atoms with Gasteiger partial charge < -0.3 is 24.8 Å². The lowest BCUT2D eigenvalue weighted by molar-refractivity contribution is -0.0235. The Hall–Kier alpha value is -0.200. The normalized spacial score (nSPS) is 36.8. The van der Waals surface area contributed by atoms with Gasteiger partial charge in [-0.3, -0.25) is 0 Å². The van der Waals surface area contributed by atoms with Gasteiger partial charge in [-0.2, -0.15) is 0 Å². The minimum atomic E-state index is -0.666. The average Bonchev–Trinajstić information content (AvgIpc) is 2.65. The van der Waals surface area contributed by atoms with Gasteiger partial charge in [-0.1, -0.05) is 0 Å². The van der Waals surface area contributed by atoms with Crippen molar-refractivity contribution in [2.45, 2.75) is 18.1 Å². The van der Waals surface area contributed by atoms with Gasteiger partial charge in [0.1, 0.15) is 5.60 Å². The standard InChI is InChI=1S/C11H22N2O3/c1-13-3-5-16-10(7-13)6-12-8-11(14)2-4-15-9-11/h10,12,14H,2-9H2,1H3. The van der Waals surface area contributed by atoms with Gasteiger partial charge in [-0.25, -0.2) is 0 Å². The van der Waals surface area contributed by atoms with Crippen molar-refractivity contribution in [1.82, 2.24) is 10.2 Å². The topological polar surface area (TPSA) is 54.0 Å². The first kappa shape index (κ1) is 12.3. The summed E-state index contributed by atoms with van der Waals surface area (Å²) >= 11 is 0. The summed E-state index contributed by atoms with van der Waals surface area (Å²) in [7, 11) is 2.11. The van der Waals surface area contributed by atoms with Crippen molar-refractivity contribution in [3.8, 4) is 0 Å². The molecule has 0 aliphatic carbocycles. The van der Waals surface area contributed by atoms with Crippen molar-refractivity contribution in [1.29, 1.82) is 0 Å². The summed E-state index contributed by atoms with van der Waals surface area (Å²) in [6.07, 6.45) is 0.968. The molecule has 2 N–H and O–H groups in total. The van der Waals surface area contributed by atoms with E-state index in [0.29, 0.717) is 19.8 Å². The maximum Gasteiger partial charge on any atom is 0.102 e. The number of morpholine rings is 1. The third-order valence-electron chi connectivity index (χ3n) is 3.25. The van der Waals surface area contributed by atoms with Gasteiger partial charge >= 0.3 is 0 Å². The summed E-state index contributed by atoms with van der Waals surface area (Å²) in [5.74, 6) is 0. The van der Waals surface area contributed by atoms with Crippen molar-refractivity contribution < 1.29 is 14.6 Å². The third-order valence-corrected chi connectivity index (χ3v) is 3.25. The van der Waals surface area contributed by atoms with Gasteiger partial charge in [-0.15, -0.1) is 0 Å². The van der Waals surface area contributed by atoms with Crippen LogP contribution in [0.2, 0.25) is 0 Å². The highest BCUT2D eigenvalue weighted by Crippen LogP contribution is 2.16. The van der Waals surface area contributed by atoms with Crippen molar-refractivity contribution in [3.05, 3.63) is 0 Å². The highest BCUT2D eigenvalue weighted by Gasteiger charge is 2.32. The average molecular weight is 230 g/mol. The van der Waals surface area contributed by atoms with Crippen LogP contribution in [-0.4, -0.2) is 74.8 Å². The van der Waals surface area contributed by atoms with Crippen LogP contribution in [0.3, 0.4) is 0 Å². The van der Waals surface area contributed by atoms with Crippen LogP contribution in [0.25, 0.3) is 0 Å². The number of rotatable bonds is 4. The second-order valence-corrected chi connectivity index (χ2v) is 4.91. The van der Waals surface area contributed by atoms with Gasteiger partial charge in [0.05, 0.1) is 19.3 Å².